The number of carbonyl (C=O) groups is 1. The standard InChI is InChI=1S/C12H9ClF4N4O/c13-8-5-21(12(16)17)20-9(8)11(22)19-7-3-6(1-2-14)10(15)18-4-7/h3-5,12H,1-2H2,(H,19,22). The number of halogens is 5. The van der Waals surface area contributed by atoms with Crippen LogP contribution in [0.5, 0.6) is 0 Å². The van der Waals surface area contributed by atoms with Gasteiger partial charge < -0.3 is 5.32 Å². The molecule has 22 heavy (non-hydrogen) atoms. The van der Waals surface area contributed by atoms with Crippen LogP contribution < -0.4 is 5.32 Å². The number of nitrogens with one attached hydrogen (secondary N) is 1. The van der Waals surface area contributed by atoms with E-state index in [1.165, 1.54) is 6.07 Å². The van der Waals surface area contributed by atoms with Crippen molar-refractivity contribution in [2.24, 2.45) is 0 Å². The first kappa shape index (κ1) is 16.2. The van der Waals surface area contributed by atoms with Crippen LogP contribution in [0.3, 0.4) is 0 Å². The van der Waals surface area contributed by atoms with Crippen LogP contribution in [0.2, 0.25) is 5.02 Å². The summed E-state index contributed by atoms with van der Waals surface area (Å²) in [7, 11) is 0. The van der Waals surface area contributed by atoms with E-state index in [9.17, 15) is 22.4 Å². The lowest BCUT2D eigenvalue weighted by molar-refractivity contribution is 0.0561. The van der Waals surface area contributed by atoms with Crippen molar-refractivity contribution in [3.63, 3.8) is 0 Å². The first-order valence-corrected chi connectivity index (χ1v) is 6.34. The third-order valence-electron chi connectivity index (χ3n) is 2.64. The molecule has 10 heteroatoms. The molecular weight excluding hydrogens is 328 g/mol. The van der Waals surface area contributed by atoms with E-state index in [0.29, 0.717) is 0 Å². The summed E-state index contributed by atoms with van der Waals surface area (Å²) < 4.78 is 50.7. The third-order valence-corrected chi connectivity index (χ3v) is 2.91. The van der Waals surface area contributed by atoms with Crippen LogP contribution in [0.25, 0.3) is 0 Å². The van der Waals surface area contributed by atoms with Gasteiger partial charge in [0.2, 0.25) is 5.95 Å². The molecule has 0 spiro atoms. The predicted molar refractivity (Wildman–Crippen MR) is 70.3 cm³/mol. The van der Waals surface area contributed by atoms with E-state index in [4.69, 9.17) is 11.6 Å². The molecule has 0 radical (unpaired) electrons. The molecule has 2 rings (SSSR count). The van der Waals surface area contributed by atoms with Crippen molar-refractivity contribution < 1.29 is 22.4 Å². The number of nitrogens with zero attached hydrogens (tertiary/aromatic N) is 3. The maximum absolute atomic E-state index is 13.3. The largest absolute Gasteiger partial charge is 0.333 e. The molecule has 0 fully saturated rings. The summed E-state index contributed by atoms with van der Waals surface area (Å²) >= 11 is 5.65. The average Bonchev–Trinajstić information content (AvgIpc) is 2.85. The zero-order valence-electron chi connectivity index (χ0n) is 10.9. The molecule has 1 amide bonds. The molecule has 1 N–H and O–H groups in total. The smallest absolute Gasteiger partial charge is 0.319 e. The van der Waals surface area contributed by atoms with Crippen molar-refractivity contribution in [3.05, 3.63) is 40.7 Å². The minimum atomic E-state index is -2.94. The molecule has 2 heterocycles. The van der Waals surface area contributed by atoms with Gasteiger partial charge in [-0.15, -0.1) is 0 Å². The number of rotatable bonds is 5. The Morgan fingerprint density at radius 1 is 1.45 bits per heavy atom. The first-order chi connectivity index (χ1) is 10.4. The average molecular weight is 337 g/mol. The molecule has 2 aromatic heterocycles. The van der Waals surface area contributed by atoms with E-state index in [1.54, 1.807) is 0 Å². The predicted octanol–water partition coefficient (Wildman–Crippen LogP) is 3.23. The quantitative estimate of drug-likeness (QED) is 0.673. The molecule has 0 aliphatic carbocycles. The molecule has 0 aromatic carbocycles. The first-order valence-electron chi connectivity index (χ1n) is 5.97. The molecule has 118 valence electrons. The highest BCUT2D eigenvalue weighted by atomic mass is 35.5. The maximum Gasteiger partial charge on any atom is 0.333 e. The summed E-state index contributed by atoms with van der Waals surface area (Å²) in [6.07, 6.45) is 1.61. The van der Waals surface area contributed by atoms with Gasteiger partial charge in [0.15, 0.2) is 5.69 Å². The number of pyridine rings is 1. The number of hydrogen-bond donors (Lipinski definition) is 1. The summed E-state index contributed by atoms with van der Waals surface area (Å²) in [4.78, 5) is 15.3. The lowest BCUT2D eigenvalue weighted by Gasteiger charge is -2.06. The Bertz CT molecular complexity index is 692. The van der Waals surface area contributed by atoms with Crippen LogP contribution in [0, 0.1) is 5.95 Å². The van der Waals surface area contributed by atoms with Gasteiger partial charge in [-0.05, 0) is 6.07 Å². The summed E-state index contributed by atoms with van der Waals surface area (Å²) in [6, 6.07) is 1.19. The minimum absolute atomic E-state index is 0.0236. The SMILES string of the molecule is O=C(Nc1cnc(F)c(CCF)c1)c1nn(C(F)F)cc1Cl. The fraction of sp³-hybridized carbons (Fsp3) is 0.250. The highest BCUT2D eigenvalue weighted by molar-refractivity contribution is 6.34. The van der Waals surface area contributed by atoms with Gasteiger partial charge in [-0.25, -0.2) is 9.67 Å². The van der Waals surface area contributed by atoms with Crippen molar-refractivity contribution in [2.75, 3.05) is 12.0 Å². The van der Waals surface area contributed by atoms with Crippen LogP contribution in [-0.2, 0) is 6.42 Å². The monoisotopic (exact) mass is 336 g/mol. The molecular formula is C12H9ClF4N4O. The zero-order chi connectivity index (χ0) is 16.3. The van der Waals surface area contributed by atoms with Crippen molar-refractivity contribution >= 4 is 23.2 Å². The van der Waals surface area contributed by atoms with Gasteiger partial charge in [0.05, 0.1) is 29.8 Å². The minimum Gasteiger partial charge on any atom is -0.319 e. The van der Waals surface area contributed by atoms with Gasteiger partial charge in [-0.1, -0.05) is 11.6 Å². The Hall–Kier alpha value is -2.16. The lowest BCUT2D eigenvalue weighted by atomic mass is 10.2. The fourth-order valence-electron chi connectivity index (χ4n) is 1.65. The van der Waals surface area contributed by atoms with E-state index in [1.807, 2.05) is 0 Å². The Balaban J connectivity index is 2.20. The Morgan fingerprint density at radius 2 is 2.18 bits per heavy atom. The third kappa shape index (κ3) is 3.53. The van der Waals surface area contributed by atoms with Crippen molar-refractivity contribution in [1.82, 2.24) is 14.8 Å². The number of aromatic nitrogens is 3. The van der Waals surface area contributed by atoms with Gasteiger partial charge in [0.1, 0.15) is 0 Å². The fourth-order valence-corrected chi connectivity index (χ4v) is 1.88. The number of carbonyl (C=O) groups excluding carboxylic acids is 1. The van der Waals surface area contributed by atoms with Gasteiger partial charge in [-0.2, -0.15) is 18.3 Å². The second kappa shape index (κ2) is 6.73. The van der Waals surface area contributed by atoms with E-state index < -0.39 is 30.8 Å². The van der Waals surface area contributed by atoms with E-state index in [2.05, 4.69) is 15.4 Å². The molecule has 5 nitrogen and oxygen atoms in total. The lowest BCUT2D eigenvalue weighted by Crippen LogP contribution is -2.15. The number of anilines is 1. The highest BCUT2D eigenvalue weighted by Crippen LogP contribution is 2.20. The zero-order valence-corrected chi connectivity index (χ0v) is 11.6. The Morgan fingerprint density at radius 3 is 2.77 bits per heavy atom. The second-order valence-corrected chi connectivity index (χ2v) is 4.56. The number of amides is 1. The topological polar surface area (TPSA) is 59.8 Å². The van der Waals surface area contributed by atoms with Crippen LogP contribution in [-0.4, -0.2) is 27.3 Å². The van der Waals surface area contributed by atoms with E-state index in [-0.39, 0.29) is 27.4 Å². The normalized spacial score (nSPS) is 11.0. The van der Waals surface area contributed by atoms with Crippen molar-refractivity contribution in [3.8, 4) is 0 Å². The van der Waals surface area contributed by atoms with Gasteiger partial charge in [0, 0.05) is 12.0 Å². The van der Waals surface area contributed by atoms with Crippen molar-refractivity contribution in [2.45, 2.75) is 13.0 Å². The van der Waals surface area contributed by atoms with Gasteiger partial charge in [-0.3, -0.25) is 9.18 Å². The summed E-state index contributed by atoms with van der Waals surface area (Å²) in [5.41, 5.74) is -0.375. The van der Waals surface area contributed by atoms with Crippen LogP contribution in [0.4, 0.5) is 23.2 Å². The summed E-state index contributed by atoms with van der Waals surface area (Å²) in [5.74, 6) is -1.72. The molecule has 2 aromatic rings. The molecule has 0 saturated heterocycles. The van der Waals surface area contributed by atoms with E-state index >= 15 is 0 Å². The molecule has 0 unspecified atom stereocenters. The van der Waals surface area contributed by atoms with E-state index in [0.717, 1.165) is 12.4 Å². The van der Waals surface area contributed by atoms with Crippen LogP contribution in [0.15, 0.2) is 18.5 Å². The molecule has 0 bridgehead atoms. The number of hydrogen-bond acceptors (Lipinski definition) is 3. The number of aryl methyl sites for hydroxylation is 1. The molecule has 0 aliphatic rings. The maximum atomic E-state index is 13.3. The number of alkyl halides is 3. The molecule has 0 aliphatic heterocycles. The van der Waals surface area contributed by atoms with Crippen LogP contribution >= 0.6 is 11.6 Å². The Kier molecular flexibility index (Phi) is 4.96. The molecule has 0 saturated carbocycles. The Labute approximate surface area is 126 Å². The molecule has 0 atom stereocenters. The summed E-state index contributed by atoms with van der Waals surface area (Å²) in [5, 5.41) is 5.36. The van der Waals surface area contributed by atoms with Gasteiger partial charge >= 0.3 is 6.55 Å². The second-order valence-electron chi connectivity index (χ2n) is 4.15. The highest BCUT2D eigenvalue weighted by Gasteiger charge is 2.19. The van der Waals surface area contributed by atoms with Gasteiger partial charge in [0.25, 0.3) is 5.91 Å². The van der Waals surface area contributed by atoms with Crippen LogP contribution in [0.1, 0.15) is 22.6 Å². The van der Waals surface area contributed by atoms with Crippen molar-refractivity contribution in [1.29, 1.82) is 0 Å². The summed E-state index contributed by atoms with van der Waals surface area (Å²) in [6.45, 7) is -3.73.